The van der Waals surface area contributed by atoms with Crippen LogP contribution in [0, 0.1) is 34.0 Å². The first kappa shape index (κ1) is 21.6. The Hall–Kier alpha value is -1.73. The second-order valence-corrected chi connectivity index (χ2v) is 5.07. The van der Waals surface area contributed by atoms with Gasteiger partial charge in [-0.15, -0.1) is 0 Å². The van der Waals surface area contributed by atoms with Gasteiger partial charge in [-0.25, -0.2) is 0 Å². The van der Waals surface area contributed by atoms with Crippen molar-refractivity contribution in [3.8, 4) is 12.1 Å². The summed E-state index contributed by atoms with van der Waals surface area (Å²) in [7, 11) is 0. The first-order valence-electron chi connectivity index (χ1n) is 6.46. The van der Waals surface area contributed by atoms with Crippen LogP contribution in [0.5, 0.6) is 0 Å². The summed E-state index contributed by atoms with van der Waals surface area (Å²) in [5.41, 5.74) is -0.991. The molecule has 2 unspecified atom stereocenters. The van der Waals surface area contributed by atoms with E-state index in [0.717, 1.165) is 0 Å². The van der Waals surface area contributed by atoms with Crippen LogP contribution >= 0.6 is 11.8 Å². The summed E-state index contributed by atoms with van der Waals surface area (Å²) in [6.45, 7) is 7.21. The Morgan fingerprint density at radius 3 is 2.10 bits per heavy atom. The van der Waals surface area contributed by atoms with Crippen molar-refractivity contribution in [2.75, 3.05) is 25.2 Å². The van der Waals surface area contributed by atoms with Crippen LogP contribution in [0.4, 0.5) is 0 Å². The maximum absolute atomic E-state index is 11.2. The Morgan fingerprint density at radius 2 is 1.76 bits per heavy atom. The van der Waals surface area contributed by atoms with Gasteiger partial charge in [-0.1, -0.05) is 0 Å². The van der Waals surface area contributed by atoms with E-state index >= 15 is 0 Å². The minimum Gasteiger partial charge on any atom is -0.465 e. The molecule has 0 aromatic carbocycles. The number of ether oxygens (including phenoxy) is 2. The third kappa shape index (κ3) is 8.93. The number of nitriles is 2. The summed E-state index contributed by atoms with van der Waals surface area (Å²) in [6.07, 6.45) is 1.86. The molecule has 0 amide bonds. The Morgan fingerprint density at radius 1 is 1.24 bits per heavy atom. The lowest BCUT2D eigenvalue weighted by molar-refractivity contribution is -0.150. The Bertz CT molecular complexity index is 414. The topological polar surface area (TPSA) is 100 Å². The first-order valence-corrected chi connectivity index (χ1v) is 7.85. The van der Waals surface area contributed by atoms with Gasteiger partial charge in [0.05, 0.1) is 25.4 Å². The summed E-state index contributed by atoms with van der Waals surface area (Å²) >= 11 is 1.46. The van der Waals surface area contributed by atoms with Crippen LogP contribution in [0.15, 0.2) is 0 Å². The normalized spacial score (nSPS) is 13.3. The first-order chi connectivity index (χ1) is 9.82. The maximum Gasteiger partial charge on any atom is 0.327 e. The standard InChI is InChI=1S/C8H13NO2S.C6H9NO2/c1-4-11-7(10)8(2,5-9)6-12-3;1-3-9-6(8)5(2)4-7/h4,6H2,1-3H3;5H,3H2,1-2H3. The Balaban J connectivity index is 0. The number of rotatable bonds is 6. The predicted molar refractivity (Wildman–Crippen MR) is 80.1 cm³/mol. The molecule has 6 nitrogen and oxygen atoms in total. The summed E-state index contributed by atoms with van der Waals surface area (Å²) in [5, 5.41) is 16.9. The number of thioether (sulfide) groups is 1. The van der Waals surface area contributed by atoms with Gasteiger partial charge in [-0.3, -0.25) is 9.59 Å². The highest BCUT2D eigenvalue weighted by atomic mass is 32.2. The molecule has 118 valence electrons. The van der Waals surface area contributed by atoms with Gasteiger partial charge >= 0.3 is 11.9 Å². The molecule has 7 heteroatoms. The number of hydrogen-bond acceptors (Lipinski definition) is 7. The maximum atomic E-state index is 11.2. The number of nitrogens with zero attached hydrogens (tertiary/aromatic N) is 2. The molecule has 0 saturated carbocycles. The Labute approximate surface area is 130 Å². The molecule has 0 aromatic heterocycles. The van der Waals surface area contributed by atoms with E-state index in [1.165, 1.54) is 18.7 Å². The molecule has 0 heterocycles. The largest absolute Gasteiger partial charge is 0.465 e. The fourth-order valence-corrected chi connectivity index (χ4v) is 1.80. The van der Waals surface area contributed by atoms with E-state index in [0.29, 0.717) is 19.0 Å². The molecule has 0 aliphatic carbocycles. The number of carbonyl (C=O) groups is 2. The van der Waals surface area contributed by atoms with Crippen molar-refractivity contribution >= 4 is 23.7 Å². The van der Waals surface area contributed by atoms with Crippen LogP contribution in [-0.4, -0.2) is 37.2 Å². The fraction of sp³-hybridized carbons (Fsp3) is 0.714. The molecular weight excluding hydrogens is 292 g/mol. The van der Waals surface area contributed by atoms with E-state index in [4.69, 9.17) is 15.3 Å². The van der Waals surface area contributed by atoms with Crippen molar-refractivity contribution in [1.82, 2.24) is 0 Å². The molecule has 0 radical (unpaired) electrons. The molecule has 0 aliphatic heterocycles. The molecule has 0 aliphatic rings. The van der Waals surface area contributed by atoms with Crippen molar-refractivity contribution < 1.29 is 19.1 Å². The van der Waals surface area contributed by atoms with Gasteiger partial charge in [-0.05, 0) is 34.0 Å². The Kier molecular flexibility index (Phi) is 12.4. The molecule has 0 N–H and O–H groups in total. The van der Waals surface area contributed by atoms with Crippen molar-refractivity contribution in [2.24, 2.45) is 11.3 Å². The fourth-order valence-electron chi connectivity index (χ4n) is 1.04. The average molecular weight is 314 g/mol. The third-order valence-corrected chi connectivity index (χ3v) is 3.11. The monoisotopic (exact) mass is 314 g/mol. The minimum absolute atomic E-state index is 0.324. The van der Waals surface area contributed by atoms with Crippen LogP contribution in [0.25, 0.3) is 0 Å². The quantitative estimate of drug-likeness (QED) is 0.692. The lowest BCUT2D eigenvalue weighted by Crippen LogP contribution is -2.30. The molecular formula is C14H22N2O4S. The zero-order chi connectivity index (χ0) is 16.9. The number of carbonyl (C=O) groups excluding carboxylic acids is 2. The van der Waals surface area contributed by atoms with E-state index < -0.39 is 23.3 Å². The summed E-state index contributed by atoms with van der Waals surface area (Å²) in [4.78, 5) is 21.8. The molecule has 2 atom stereocenters. The van der Waals surface area contributed by atoms with Crippen LogP contribution in [0.1, 0.15) is 27.7 Å². The minimum atomic E-state index is -0.991. The van der Waals surface area contributed by atoms with E-state index in [-0.39, 0.29) is 0 Å². The van der Waals surface area contributed by atoms with E-state index in [1.54, 1.807) is 26.8 Å². The smallest absolute Gasteiger partial charge is 0.327 e. The molecule has 0 aromatic rings. The van der Waals surface area contributed by atoms with Gasteiger partial charge in [0.2, 0.25) is 0 Å². The van der Waals surface area contributed by atoms with Gasteiger partial charge in [0, 0.05) is 5.75 Å². The number of esters is 2. The third-order valence-electron chi connectivity index (χ3n) is 2.24. The van der Waals surface area contributed by atoms with Crippen molar-refractivity contribution in [2.45, 2.75) is 27.7 Å². The van der Waals surface area contributed by atoms with Gasteiger partial charge in [0.25, 0.3) is 0 Å². The van der Waals surface area contributed by atoms with Crippen LogP contribution in [0.2, 0.25) is 0 Å². The van der Waals surface area contributed by atoms with E-state index in [9.17, 15) is 9.59 Å². The molecule has 0 fully saturated rings. The second kappa shape index (κ2) is 12.0. The molecule has 0 rings (SSSR count). The van der Waals surface area contributed by atoms with Crippen LogP contribution < -0.4 is 0 Å². The zero-order valence-electron chi connectivity index (χ0n) is 13.1. The van der Waals surface area contributed by atoms with E-state index in [1.807, 2.05) is 12.3 Å². The van der Waals surface area contributed by atoms with Gasteiger partial charge in [0.1, 0.15) is 5.92 Å². The molecule has 0 spiro atoms. The van der Waals surface area contributed by atoms with Gasteiger partial charge in [0.15, 0.2) is 5.41 Å². The van der Waals surface area contributed by atoms with Crippen molar-refractivity contribution in [3.05, 3.63) is 0 Å². The SMILES string of the molecule is CCOC(=O)C(C)(C#N)CSC.CCOC(=O)C(C)C#N. The molecule has 0 bridgehead atoms. The summed E-state index contributed by atoms with van der Waals surface area (Å²) in [5.74, 6) is -1.03. The highest BCUT2D eigenvalue weighted by Crippen LogP contribution is 2.21. The van der Waals surface area contributed by atoms with E-state index in [2.05, 4.69) is 4.74 Å². The zero-order valence-corrected chi connectivity index (χ0v) is 14.0. The summed E-state index contributed by atoms with van der Waals surface area (Å²) in [6, 6.07) is 3.74. The van der Waals surface area contributed by atoms with Crippen molar-refractivity contribution in [3.63, 3.8) is 0 Å². The molecule has 0 saturated heterocycles. The van der Waals surface area contributed by atoms with Crippen LogP contribution in [-0.2, 0) is 19.1 Å². The lowest BCUT2D eigenvalue weighted by atomic mass is 9.96. The highest BCUT2D eigenvalue weighted by Gasteiger charge is 2.34. The average Bonchev–Trinajstić information content (AvgIpc) is 2.47. The summed E-state index contributed by atoms with van der Waals surface area (Å²) < 4.78 is 9.31. The molecule has 21 heavy (non-hydrogen) atoms. The van der Waals surface area contributed by atoms with Gasteiger partial charge in [-0.2, -0.15) is 22.3 Å². The highest BCUT2D eigenvalue weighted by molar-refractivity contribution is 7.98. The number of hydrogen-bond donors (Lipinski definition) is 0. The van der Waals surface area contributed by atoms with Crippen molar-refractivity contribution in [1.29, 1.82) is 10.5 Å². The van der Waals surface area contributed by atoms with Gasteiger partial charge < -0.3 is 9.47 Å². The second-order valence-electron chi connectivity index (χ2n) is 4.20. The van der Waals surface area contributed by atoms with Crippen LogP contribution in [0.3, 0.4) is 0 Å². The lowest BCUT2D eigenvalue weighted by Gasteiger charge is -2.17. The predicted octanol–water partition coefficient (Wildman–Crippen LogP) is 2.15.